The number of carboxylic acids is 1. The molecule has 0 amide bonds. The number of hydrogen-bond donors (Lipinski definition) is 2. The molecular formula is C29H33N3O6. The Labute approximate surface area is 221 Å². The van der Waals surface area contributed by atoms with E-state index < -0.39 is 5.97 Å². The summed E-state index contributed by atoms with van der Waals surface area (Å²) >= 11 is 0. The number of hydrogen-bond acceptors (Lipinski definition) is 7. The van der Waals surface area contributed by atoms with Gasteiger partial charge in [-0.2, -0.15) is 0 Å². The molecule has 3 aromatic rings. The second kappa shape index (κ2) is 11.7. The van der Waals surface area contributed by atoms with E-state index in [4.69, 9.17) is 19.3 Å². The highest BCUT2D eigenvalue weighted by Crippen LogP contribution is 2.31. The van der Waals surface area contributed by atoms with E-state index in [1.54, 1.807) is 11.7 Å². The number of nitrogens with zero attached hydrogens (tertiary/aromatic N) is 2. The summed E-state index contributed by atoms with van der Waals surface area (Å²) in [6.45, 7) is 5.17. The molecule has 9 nitrogen and oxygen atoms in total. The third-order valence-corrected chi connectivity index (χ3v) is 7.19. The average molecular weight is 520 g/mol. The van der Waals surface area contributed by atoms with Gasteiger partial charge in [-0.15, -0.1) is 0 Å². The Hall–Kier alpha value is -3.82. The molecule has 0 radical (unpaired) electrons. The van der Waals surface area contributed by atoms with Crippen LogP contribution in [0, 0.1) is 0 Å². The van der Waals surface area contributed by atoms with Crippen LogP contribution in [0.25, 0.3) is 17.0 Å². The highest BCUT2D eigenvalue weighted by Gasteiger charge is 2.20. The summed E-state index contributed by atoms with van der Waals surface area (Å²) in [7, 11) is 1.59. The van der Waals surface area contributed by atoms with Gasteiger partial charge in [-0.25, -0.2) is 4.79 Å². The first-order valence-electron chi connectivity index (χ1n) is 13.0. The number of rotatable bonds is 9. The normalized spacial score (nSPS) is 16.2. The van der Waals surface area contributed by atoms with E-state index in [9.17, 15) is 9.59 Å². The van der Waals surface area contributed by atoms with Gasteiger partial charge in [-0.1, -0.05) is 6.07 Å². The van der Waals surface area contributed by atoms with Crippen molar-refractivity contribution >= 4 is 22.9 Å². The van der Waals surface area contributed by atoms with Crippen molar-refractivity contribution in [2.24, 2.45) is 0 Å². The molecule has 1 fully saturated rings. The van der Waals surface area contributed by atoms with Gasteiger partial charge in [0.1, 0.15) is 19.0 Å². The van der Waals surface area contributed by atoms with Gasteiger partial charge in [0.25, 0.3) is 5.56 Å². The third-order valence-electron chi connectivity index (χ3n) is 7.19. The second-order valence-corrected chi connectivity index (χ2v) is 9.62. The van der Waals surface area contributed by atoms with Crippen LogP contribution in [-0.4, -0.2) is 66.5 Å². The van der Waals surface area contributed by atoms with E-state index in [2.05, 4.69) is 22.3 Å². The van der Waals surface area contributed by atoms with Gasteiger partial charge in [-0.3, -0.25) is 4.79 Å². The molecule has 9 heteroatoms. The summed E-state index contributed by atoms with van der Waals surface area (Å²) < 4.78 is 18.4. The molecular weight excluding hydrogens is 486 g/mol. The van der Waals surface area contributed by atoms with Crippen LogP contribution in [0.15, 0.2) is 53.3 Å². The van der Waals surface area contributed by atoms with Crippen molar-refractivity contribution in [3.05, 3.63) is 70.0 Å². The number of carbonyl (C=O) groups is 1. The van der Waals surface area contributed by atoms with Crippen molar-refractivity contribution in [1.29, 1.82) is 0 Å². The minimum Gasteiger partial charge on any atom is -0.497 e. The number of aromatic nitrogens is 1. The van der Waals surface area contributed by atoms with E-state index in [1.165, 1.54) is 17.7 Å². The van der Waals surface area contributed by atoms with Crippen LogP contribution in [0.1, 0.15) is 24.0 Å². The Kier molecular flexibility index (Phi) is 7.95. The Morgan fingerprint density at radius 3 is 2.63 bits per heavy atom. The lowest BCUT2D eigenvalue weighted by atomic mass is 10.0. The highest BCUT2D eigenvalue weighted by molar-refractivity contribution is 5.93. The van der Waals surface area contributed by atoms with Crippen molar-refractivity contribution < 1.29 is 24.1 Å². The summed E-state index contributed by atoms with van der Waals surface area (Å²) in [5, 5.41) is 13.5. The Morgan fingerprint density at radius 1 is 1.08 bits per heavy atom. The lowest BCUT2D eigenvalue weighted by Crippen LogP contribution is -2.43. The number of likely N-dealkylation sites (tertiary alicyclic amines) is 1. The predicted octanol–water partition coefficient (Wildman–Crippen LogP) is 3.13. The topological polar surface area (TPSA) is 102 Å². The number of methoxy groups -OCH3 is 1. The third kappa shape index (κ3) is 6.00. The first-order valence-corrected chi connectivity index (χ1v) is 13.0. The number of piperidine rings is 1. The molecule has 0 saturated carbocycles. The van der Waals surface area contributed by atoms with Crippen LogP contribution < -0.4 is 25.1 Å². The Balaban J connectivity index is 1.19. The summed E-state index contributed by atoms with van der Waals surface area (Å²) in [6, 6.07) is 13.6. The summed E-state index contributed by atoms with van der Waals surface area (Å²) in [5.74, 6) is 1.22. The highest BCUT2D eigenvalue weighted by atomic mass is 16.6. The zero-order chi connectivity index (χ0) is 26.5. The summed E-state index contributed by atoms with van der Waals surface area (Å²) in [5.41, 5.74) is 2.33. The zero-order valence-electron chi connectivity index (χ0n) is 21.5. The number of fused-ring (bicyclic) bond motifs is 2. The lowest BCUT2D eigenvalue weighted by molar-refractivity contribution is -0.131. The van der Waals surface area contributed by atoms with E-state index >= 15 is 0 Å². The molecule has 2 aromatic carbocycles. The van der Waals surface area contributed by atoms with Gasteiger partial charge in [0.15, 0.2) is 11.5 Å². The molecule has 200 valence electrons. The van der Waals surface area contributed by atoms with E-state index in [0.717, 1.165) is 67.5 Å². The minimum absolute atomic E-state index is 0.160. The average Bonchev–Trinajstić information content (AvgIpc) is 2.94. The molecule has 2 N–H and O–H groups in total. The van der Waals surface area contributed by atoms with Crippen molar-refractivity contribution in [3.63, 3.8) is 0 Å². The Morgan fingerprint density at radius 2 is 1.87 bits per heavy atom. The van der Waals surface area contributed by atoms with Crippen molar-refractivity contribution in [3.8, 4) is 17.2 Å². The molecule has 0 atom stereocenters. The molecule has 0 spiro atoms. The zero-order valence-corrected chi connectivity index (χ0v) is 21.5. The van der Waals surface area contributed by atoms with Crippen LogP contribution in [-0.2, 0) is 17.9 Å². The van der Waals surface area contributed by atoms with Crippen molar-refractivity contribution in [1.82, 2.24) is 14.8 Å². The maximum absolute atomic E-state index is 13.0. The van der Waals surface area contributed by atoms with Gasteiger partial charge in [-0.05, 0) is 67.4 Å². The van der Waals surface area contributed by atoms with Gasteiger partial charge >= 0.3 is 5.97 Å². The van der Waals surface area contributed by atoms with Crippen LogP contribution in [0.2, 0.25) is 0 Å². The monoisotopic (exact) mass is 519 g/mol. The van der Waals surface area contributed by atoms with Gasteiger partial charge in [0.2, 0.25) is 0 Å². The molecule has 1 saturated heterocycles. The van der Waals surface area contributed by atoms with Gasteiger partial charge < -0.3 is 34.1 Å². The fraction of sp³-hybridized carbons (Fsp3) is 0.379. The number of pyridine rings is 1. The smallest absolute Gasteiger partial charge is 0.328 e. The SMILES string of the molecule is COc1ccc2c(/C=C/C(=O)O)cc(=O)n(CCN3CCC(NCc4ccc5c(c4)OCCO5)CC3)c2c1. The molecule has 38 heavy (non-hydrogen) atoms. The van der Waals surface area contributed by atoms with Gasteiger partial charge in [0.05, 0.1) is 12.6 Å². The molecule has 2 aliphatic rings. The maximum Gasteiger partial charge on any atom is 0.328 e. The van der Waals surface area contributed by atoms with Crippen molar-refractivity contribution in [2.45, 2.75) is 32.0 Å². The first kappa shape index (κ1) is 25.8. The van der Waals surface area contributed by atoms with Crippen LogP contribution in [0.4, 0.5) is 0 Å². The molecule has 5 rings (SSSR count). The second-order valence-electron chi connectivity index (χ2n) is 9.62. The number of carboxylic acid groups (broad SMARTS) is 1. The molecule has 1 aromatic heterocycles. The van der Waals surface area contributed by atoms with Gasteiger partial charge in [0, 0.05) is 49.3 Å². The van der Waals surface area contributed by atoms with Crippen molar-refractivity contribution in [2.75, 3.05) is 40.0 Å². The van der Waals surface area contributed by atoms with Crippen LogP contribution in [0.5, 0.6) is 17.2 Å². The fourth-order valence-corrected chi connectivity index (χ4v) is 5.10. The minimum atomic E-state index is -1.06. The molecule has 2 aliphatic heterocycles. The summed E-state index contributed by atoms with van der Waals surface area (Å²) in [6.07, 6.45) is 4.58. The predicted molar refractivity (Wildman–Crippen MR) is 145 cm³/mol. The lowest BCUT2D eigenvalue weighted by Gasteiger charge is -2.32. The largest absolute Gasteiger partial charge is 0.497 e. The molecule has 3 heterocycles. The van der Waals surface area contributed by atoms with E-state index in [-0.39, 0.29) is 5.56 Å². The molecule has 0 bridgehead atoms. The van der Waals surface area contributed by atoms with Crippen LogP contribution >= 0.6 is 0 Å². The summed E-state index contributed by atoms with van der Waals surface area (Å²) in [4.78, 5) is 26.4. The quantitative estimate of drug-likeness (QED) is 0.416. The van der Waals surface area contributed by atoms with E-state index in [0.29, 0.717) is 37.1 Å². The fourth-order valence-electron chi connectivity index (χ4n) is 5.10. The molecule has 0 aliphatic carbocycles. The standard InChI is InChI=1S/C29H33N3O6/c1-36-23-4-5-24-21(3-7-29(34)35)17-28(33)32(25(24)18-23)13-12-31-10-8-22(9-11-31)30-19-20-2-6-26-27(16-20)38-15-14-37-26/h2-7,16-18,22,30H,8-15,19H2,1H3,(H,34,35)/b7-3+. The molecule has 0 unspecified atom stereocenters. The number of benzene rings is 2. The van der Waals surface area contributed by atoms with Crippen LogP contribution in [0.3, 0.4) is 0 Å². The number of ether oxygens (including phenoxy) is 3. The van der Waals surface area contributed by atoms with E-state index in [1.807, 2.05) is 24.3 Å². The number of aliphatic carboxylic acids is 1. The number of nitrogens with one attached hydrogen (secondary N) is 1. The first-order chi connectivity index (χ1) is 18.5. The Bertz CT molecular complexity index is 1390. The maximum atomic E-state index is 13.0.